The van der Waals surface area contributed by atoms with E-state index in [1.807, 2.05) is 4.90 Å². The van der Waals surface area contributed by atoms with E-state index < -0.39 is 30.2 Å². The molecule has 5 heterocycles. The molecule has 2 aliphatic rings. The number of benzene rings is 1. The number of nitrogens with one attached hydrogen (secondary N) is 1. The van der Waals surface area contributed by atoms with Crippen LogP contribution < -0.4 is 11.1 Å². The average molecular weight is 858 g/mol. The zero-order valence-corrected chi connectivity index (χ0v) is 33.7. The molecule has 1 unspecified atom stereocenters. The summed E-state index contributed by atoms with van der Waals surface area (Å²) in [5.41, 5.74) is 5.62. The molecule has 3 aromatic heterocycles. The monoisotopic (exact) mass is 857 g/mol. The van der Waals surface area contributed by atoms with Gasteiger partial charge in [-0.2, -0.15) is 31.4 Å². The number of hydrogen-bond donors (Lipinski definition) is 2. The minimum absolute atomic E-state index is 0.000393. The van der Waals surface area contributed by atoms with Crippen molar-refractivity contribution in [3.8, 4) is 17.1 Å². The average Bonchev–Trinajstić information content (AvgIpc) is 3.89. The first-order chi connectivity index (χ1) is 27.5. The molecule has 3 amide bonds. The van der Waals surface area contributed by atoms with E-state index in [0.29, 0.717) is 37.6 Å². The first kappa shape index (κ1) is 46.2. The maximum absolute atomic E-state index is 14.1. The summed E-state index contributed by atoms with van der Waals surface area (Å²) in [5.74, 6) is -0.909. The Hall–Kier alpha value is -5.54. The number of aryl methyl sites for hydroxylation is 1. The number of carbonyl (C=O) groups is 4. The highest BCUT2D eigenvalue weighted by Gasteiger charge is 2.40. The van der Waals surface area contributed by atoms with Gasteiger partial charge in [-0.1, -0.05) is 11.6 Å². The number of nitrogen functional groups attached to an aromatic ring is 1. The Morgan fingerprint density at radius 2 is 1.63 bits per heavy atom. The molecule has 6 rings (SSSR count). The van der Waals surface area contributed by atoms with Gasteiger partial charge in [-0.25, -0.2) is 14.6 Å². The molecular formula is C37H44ClF6N10O5+. The van der Waals surface area contributed by atoms with Crippen LogP contribution in [0.15, 0.2) is 42.7 Å². The largest absolute Gasteiger partial charge is 0.446 e. The van der Waals surface area contributed by atoms with Crippen LogP contribution in [-0.4, -0.2) is 136 Å². The Morgan fingerprint density at radius 1 is 1.02 bits per heavy atom. The second-order valence-electron chi connectivity index (χ2n) is 14.4. The predicted molar refractivity (Wildman–Crippen MR) is 205 cm³/mol. The number of halogens is 7. The summed E-state index contributed by atoms with van der Waals surface area (Å²) < 4.78 is 80.8. The lowest BCUT2D eigenvalue weighted by Gasteiger charge is -2.36. The van der Waals surface area contributed by atoms with Crippen LogP contribution in [-0.2, 0) is 27.5 Å². The number of nitrogens with zero attached hydrogens (tertiary/aromatic N) is 8. The number of hydrogen-bond acceptors (Lipinski definition) is 9. The van der Waals surface area contributed by atoms with E-state index in [1.54, 1.807) is 26.0 Å². The molecule has 320 valence electrons. The fourth-order valence-electron chi connectivity index (χ4n) is 6.44. The number of carbonyl (C=O) groups excluding carboxylic acids is 4. The van der Waals surface area contributed by atoms with Crippen molar-refractivity contribution in [2.45, 2.75) is 25.7 Å². The van der Waals surface area contributed by atoms with Crippen LogP contribution in [0.3, 0.4) is 0 Å². The molecule has 2 saturated heterocycles. The van der Waals surface area contributed by atoms with Crippen molar-refractivity contribution in [1.29, 1.82) is 0 Å². The predicted octanol–water partition coefficient (Wildman–Crippen LogP) is 4.87. The van der Waals surface area contributed by atoms with Gasteiger partial charge in [0.25, 0.3) is 11.8 Å². The fraction of sp³-hybridized carbons (Fsp3) is 0.432. The van der Waals surface area contributed by atoms with Crippen LogP contribution in [0.1, 0.15) is 38.8 Å². The van der Waals surface area contributed by atoms with E-state index in [2.05, 4.69) is 39.2 Å². The Bertz CT molecular complexity index is 2160. The first-order valence-corrected chi connectivity index (χ1v) is 18.2. The highest BCUT2D eigenvalue weighted by molar-refractivity contribution is 6.34. The number of piperazine rings is 1. The molecular weight excluding hydrogens is 814 g/mol. The van der Waals surface area contributed by atoms with Crippen LogP contribution in [0.5, 0.6) is 0 Å². The van der Waals surface area contributed by atoms with Gasteiger partial charge in [0.2, 0.25) is 12.2 Å². The van der Waals surface area contributed by atoms with Gasteiger partial charge in [0, 0.05) is 65.8 Å². The number of nitrogens with two attached hydrogens (primary N) is 1. The van der Waals surface area contributed by atoms with Crippen molar-refractivity contribution >= 4 is 47.0 Å². The molecule has 0 saturated carbocycles. The lowest BCUT2D eigenvalue weighted by Crippen LogP contribution is -2.52. The lowest BCUT2D eigenvalue weighted by molar-refractivity contribution is -0.878. The van der Waals surface area contributed by atoms with Crippen LogP contribution in [0.2, 0.25) is 5.02 Å². The minimum Gasteiger partial charge on any atom is -0.397 e. The third kappa shape index (κ3) is 11.6. The van der Waals surface area contributed by atoms with Crippen molar-refractivity contribution in [2.75, 3.05) is 78.6 Å². The van der Waals surface area contributed by atoms with Crippen molar-refractivity contribution in [3.05, 3.63) is 70.5 Å². The van der Waals surface area contributed by atoms with Gasteiger partial charge in [-0.05, 0) is 37.3 Å². The van der Waals surface area contributed by atoms with Gasteiger partial charge < -0.3 is 34.6 Å². The summed E-state index contributed by atoms with van der Waals surface area (Å²) >= 11 is 6.50. The van der Waals surface area contributed by atoms with Crippen LogP contribution in [0.4, 0.5) is 37.7 Å². The quantitative estimate of drug-likeness (QED) is 0.156. The lowest BCUT2D eigenvalue weighted by atomic mass is 10.1. The number of methoxy groups -OCH3 is 1. The Morgan fingerprint density at radius 3 is 2.15 bits per heavy atom. The molecule has 2 fully saturated rings. The summed E-state index contributed by atoms with van der Waals surface area (Å²) in [6, 6.07) is 7.40. The molecule has 0 spiro atoms. The number of alkyl halides is 6. The number of imidazole rings is 1. The molecule has 1 aromatic carbocycles. The molecule has 59 heavy (non-hydrogen) atoms. The smallest absolute Gasteiger partial charge is 0.397 e. The number of likely N-dealkylation sites (tertiary alicyclic amines) is 1. The third-order valence-electron chi connectivity index (χ3n) is 9.41. The highest BCUT2D eigenvalue weighted by Crippen LogP contribution is 2.37. The second-order valence-corrected chi connectivity index (χ2v) is 14.8. The zero-order valence-electron chi connectivity index (χ0n) is 33.0. The minimum atomic E-state index is -4.82. The molecule has 2 aliphatic heterocycles. The summed E-state index contributed by atoms with van der Waals surface area (Å²) in [7, 11) is 8.90. The number of aromatic nitrogens is 5. The van der Waals surface area contributed by atoms with Crippen LogP contribution in [0, 0.1) is 12.8 Å². The van der Waals surface area contributed by atoms with E-state index in [9.17, 15) is 40.7 Å². The molecule has 1 atom stereocenters. The molecule has 15 nitrogen and oxygen atoms in total. The van der Waals surface area contributed by atoms with E-state index in [1.165, 1.54) is 48.1 Å². The van der Waals surface area contributed by atoms with Gasteiger partial charge in [0.05, 0.1) is 72.5 Å². The maximum atomic E-state index is 14.1. The van der Waals surface area contributed by atoms with Crippen molar-refractivity contribution in [1.82, 2.24) is 34.1 Å². The standard InChI is InChI=1S/C33H36ClF3N10O3.C2HF3O.C2H6O/c1-19-25(38)7-8-27(40-19)46-17-23(28(42-46)33(35,36)37)26-16-39-29(43(26)2)30(48)41-21-5-6-22(24(34)15-21)32(50)45-12-10-44(11-13-45)31(49)20-9-14-47(3,4)18-20;3-2(4,5)1-6;1-3-2/h5-8,15-17,20H,9-14,18,38H2,1-4H3;1H;1-2H3/p+1. The van der Waals surface area contributed by atoms with Crippen LogP contribution in [0.25, 0.3) is 17.1 Å². The summed E-state index contributed by atoms with van der Waals surface area (Å²) in [6.07, 6.45) is -7.33. The number of ether oxygens (including phenoxy) is 1. The van der Waals surface area contributed by atoms with Crippen LogP contribution >= 0.6 is 11.6 Å². The van der Waals surface area contributed by atoms with Gasteiger partial charge in [-0.3, -0.25) is 19.2 Å². The first-order valence-electron chi connectivity index (χ1n) is 17.9. The topological polar surface area (TPSA) is 171 Å². The normalized spacial score (nSPS) is 16.4. The van der Waals surface area contributed by atoms with E-state index in [-0.39, 0.29) is 56.9 Å². The fourth-order valence-corrected chi connectivity index (χ4v) is 6.70. The third-order valence-corrected chi connectivity index (χ3v) is 9.73. The SMILES string of the molecule is COC.Cc1nc(-n2cc(-c3cnc(C(=O)Nc4ccc(C(=O)N5CCN(C(=O)C6CC[N+](C)(C)C6)CC5)c(Cl)c4)n3C)c(C(F)(F)F)n2)ccc1N.O=CC(F)(F)F. The van der Waals surface area contributed by atoms with E-state index in [0.717, 1.165) is 34.9 Å². The second kappa shape index (κ2) is 18.6. The molecule has 22 heteroatoms. The molecule has 0 radical (unpaired) electrons. The van der Waals surface area contributed by atoms with Crippen molar-refractivity contribution in [3.63, 3.8) is 0 Å². The van der Waals surface area contributed by atoms with Gasteiger partial charge in [0.1, 0.15) is 0 Å². The van der Waals surface area contributed by atoms with Crippen molar-refractivity contribution in [2.24, 2.45) is 13.0 Å². The molecule has 3 N–H and O–H groups in total. The number of pyridine rings is 1. The van der Waals surface area contributed by atoms with E-state index >= 15 is 0 Å². The number of aldehydes is 1. The number of anilines is 2. The number of rotatable bonds is 6. The van der Waals surface area contributed by atoms with Gasteiger partial charge in [0.15, 0.2) is 17.3 Å². The van der Waals surface area contributed by atoms with Crippen molar-refractivity contribution < 1.29 is 54.7 Å². The molecule has 0 bridgehead atoms. The van der Waals surface area contributed by atoms with Gasteiger partial charge >= 0.3 is 12.4 Å². The summed E-state index contributed by atoms with van der Waals surface area (Å²) in [5, 5.41) is 6.49. The summed E-state index contributed by atoms with van der Waals surface area (Å²) in [4.78, 5) is 60.1. The summed E-state index contributed by atoms with van der Waals surface area (Å²) in [6.45, 7) is 5.02. The zero-order chi connectivity index (χ0) is 44.0. The maximum Gasteiger partial charge on any atom is 0.446 e. The Labute approximate surface area is 340 Å². The highest BCUT2D eigenvalue weighted by atomic mass is 35.5. The molecule has 0 aliphatic carbocycles. The molecule has 4 aromatic rings. The Balaban J connectivity index is 0.000000774. The van der Waals surface area contributed by atoms with Gasteiger partial charge in [-0.15, -0.1) is 0 Å². The number of quaternary nitrogens is 1. The van der Waals surface area contributed by atoms with E-state index in [4.69, 9.17) is 22.1 Å². The Kier molecular flexibility index (Phi) is 14.5. The number of amides is 3.